The van der Waals surface area contributed by atoms with Gasteiger partial charge in [-0.3, -0.25) is 4.57 Å². The minimum Gasteiger partial charge on any atom is -0.455 e. The van der Waals surface area contributed by atoms with Crippen LogP contribution in [0.15, 0.2) is 132 Å². The third-order valence-corrected chi connectivity index (χ3v) is 8.00. The van der Waals surface area contributed by atoms with Crippen molar-refractivity contribution in [3.05, 3.63) is 127 Å². The van der Waals surface area contributed by atoms with Gasteiger partial charge in [-0.1, -0.05) is 97.1 Å². The molecule has 9 rings (SSSR count). The predicted octanol–water partition coefficient (Wildman–Crippen LogP) is 9.45. The third kappa shape index (κ3) is 2.90. The Balaban J connectivity index is 1.48. The maximum absolute atomic E-state index is 6.57. The molecule has 0 N–H and O–H groups in total. The van der Waals surface area contributed by atoms with E-state index >= 15 is 0 Å². The van der Waals surface area contributed by atoms with Gasteiger partial charge < -0.3 is 4.42 Å². The number of para-hydroxylation sites is 2. The summed E-state index contributed by atoms with van der Waals surface area (Å²) < 4.78 is 8.79. The molecule has 40 heavy (non-hydrogen) atoms. The van der Waals surface area contributed by atoms with Crippen molar-refractivity contribution in [2.75, 3.05) is 0 Å². The van der Waals surface area contributed by atoms with Gasteiger partial charge in [0.25, 0.3) is 0 Å². The molecule has 0 radical (unpaired) electrons. The van der Waals surface area contributed by atoms with Gasteiger partial charge in [-0.05, 0) is 35.7 Å². The summed E-state index contributed by atoms with van der Waals surface area (Å²) in [6.45, 7) is 0. The monoisotopic (exact) mass is 511 g/mol. The predicted molar refractivity (Wildman–Crippen MR) is 164 cm³/mol. The smallest absolute Gasteiger partial charge is 0.235 e. The van der Waals surface area contributed by atoms with Crippen molar-refractivity contribution in [1.29, 1.82) is 0 Å². The first kappa shape index (κ1) is 21.5. The highest BCUT2D eigenvalue weighted by atomic mass is 16.3. The van der Waals surface area contributed by atoms with Crippen LogP contribution in [0.4, 0.5) is 0 Å². The normalized spacial score (nSPS) is 12.0. The lowest BCUT2D eigenvalue weighted by atomic mass is 10.0. The molecular formula is C36H21N3O. The van der Waals surface area contributed by atoms with Gasteiger partial charge in [0.2, 0.25) is 5.95 Å². The van der Waals surface area contributed by atoms with E-state index < -0.39 is 0 Å². The van der Waals surface area contributed by atoms with E-state index in [1.54, 1.807) is 0 Å². The average molecular weight is 512 g/mol. The molecule has 3 heterocycles. The van der Waals surface area contributed by atoms with Crippen LogP contribution in [-0.2, 0) is 0 Å². The Labute approximate surface area is 228 Å². The maximum Gasteiger partial charge on any atom is 0.235 e. The molecule has 0 aliphatic carbocycles. The van der Waals surface area contributed by atoms with E-state index in [4.69, 9.17) is 14.4 Å². The van der Waals surface area contributed by atoms with Gasteiger partial charge in [0.15, 0.2) is 0 Å². The molecule has 186 valence electrons. The standard InChI is InChI=1S/C36H21N3O/c1-2-11-23(12-3-1)33-27-15-6-8-16-29(27)37-36(38-33)39-30-17-9-7-14-25(30)26-20-21-31-32(34(26)39)28-19-18-22-10-4-5-13-24(22)35(28)40-31/h1-21H. The van der Waals surface area contributed by atoms with Gasteiger partial charge in [0.1, 0.15) is 11.2 Å². The van der Waals surface area contributed by atoms with Crippen molar-refractivity contribution >= 4 is 65.4 Å². The molecule has 4 nitrogen and oxygen atoms in total. The van der Waals surface area contributed by atoms with E-state index in [2.05, 4.69) is 114 Å². The molecule has 0 saturated heterocycles. The quantitative estimate of drug-likeness (QED) is 0.232. The second-order valence-corrected chi connectivity index (χ2v) is 10.2. The molecule has 4 heteroatoms. The first-order valence-corrected chi connectivity index (χ1v) is 13.4. The summed E-state index contributed by atoms with van der Waals surface area (Å²) in [4.78, 5) is 10.4. The Hall–Kier alpha value is -5.48. The van der Waals surface area contributed by atoms with E-state index in [-0.39, 0.29) is 0 Å². The van der Waals surface area contributed by atoms with Crippen molar-refractivity contribution in [3.8, 4) is 17.2 Å². The molecule has 0 unspecified atom stereocenters. The molecule has 0 amide bonds. The van der Waals surface area contributed by atoms with Crippen molar-refractivity contribution in [1.82, 2.24) is 14.5 Å². The minimum absolute atomic E-state index is 0.645. The van der Waals surface area contributed by atoms with Gasteiger partial charge >= 0.3 is 0 Å². The molecular weight excluding hydrogens is 490 g/mol. The highest BCUT2D eigenvalue weighted by Gasteiger charge is 2.22. The third-order valence-electron chi connectivity index (χ3n) is 8.00. The van der Waals surface area contributed by atoms with E-state index in [9.17, 15) is 0 Å². The fraction of sp³-hybridized carbons (Fsp3) is 0. The lowest BCUT2D eigenvalue weighted by molar-refractivity contribution is 0.673. The number of rotatable bonds is 2. The molecule has 0 saturated carbocycles. The van der Waals surface area contributed by atoms with Gasteiger partial charge in [0, 0.05) is 32.5 Å². The van der Waals surface area contributed by atoms with Gasteiger partial charge in [0.05, 0.1) is 27.6 Å². The zero-order valence-electron chi connectivity index (χ0n) is 21.4. The molecule has 0 atom stereocenters. The van der Waals surface area contributed by atoms with Gasteiger partial charge in [-0.15, -0.1) is 0 Å². The lowest BCUT2D eigenvalue weighted by Gasteiger charge is -2.12. The number of fused-ring (bicyclic) bond motifs is 10. The second kappa shape index (κ2) is 8.01. The molecule has 0 aliphatic heterocycles. The topological polar surface area (TPSA) is 43.9 Å². The van der Waals surface area contributed by atoms with Crippen LogP contribution >= 0.6 is 0 Å². The minimum atomic E-state index is 0.645. The molecule has 0 bridgehead atoms. The summed E-state index contributed by atoms with van der Waals surface area (Å²) in [6.07, 6.45) is 0. The number of benzene rings is 6. The van der Waals surface area contributed by atoms with Crippen LogP contribution in [0.2, 0.25) is 0 Å². The molecule has 0 aliphatic rings. The Kier molecular flexibility index (Phi) is 4.30. The Bertz CT molecular complexity index is 2430. The molecule has 6 aromatic carbocycles. The summed E-state index contributed by atoms with van der Waals surface area (Å²) in [5.74, 6) is 0.645. The number of nitrogens with zero attached hydrogens (tertiary/aromatic N) is 3. The van der Waals surface area contributed by atoms with Crippen LogP contribution in [0.5, 0.6) is 0 Å². The van der Waals surface area contributed by atoms with Crippen molar-refractivity contribution < 1.29 is 4.42 Å². The summed E-state index contributed by atoms with van der Waals surface area (Å²) in [6, 6.07) is 44.1. The number of hydrogen-bond donors (Lipinski definition) is 0. The first-order valence-electron chi connectivity index (χ1n) is 13.4. The van der Waals surface area contributed by atoms with Crippen LogP contribution in [0.1, 0.15) is 0 Å². The van der Waals surface area contributed by atoms with Crippen molar-refractivity contribution in [2.45, 2.75) is 0 Å². The van der Waals surface area contributed by atoms with Crippen LogP contribution in [0.25, 0.3) is 82.6 Å². The van der Waals surface area contributed by atoms with E-state index in [1.165, 1.54) is 0 Å². The molecule has 3 aromatic heterocycles. The van der Waals surface area contributed by atoms with Crippen molar-refractivity contribution in [2.24, 2.45) is 0 Å². The van der Waals surface area contributed by atoms with Crippen molar-refractivity contribution in [3.63, 3.8) is 0 Å². The first-order chi connectivity index (χ1) is 19.8. The van der Waals surface area contributed by atoms with E-state index in [0.29, 0.717) is 5.95 Å². The van der Waals surface area contributed by atoms with Gasteiger partial charge in [-0.25, -0.2) is 9.97 Å². The fourth-order valence-corrected chi connectivity index (χ4v) is 6.23. The number of furan rings is 1. The SMILES string of the molecule is c1ccc(-c2nc(-n3c4ccccc4c4ccc5oc6c7ccccc7ccc6c5c43)nc3ccccc23)cc1. The number of hydrogen-bond acceptors (Lipinski definition) is 3. The van der Waals surface area contributed by atoms with E-state index in [1.807, 2.05) is 18.2 Å². The Morgan fingerprint density at radius 1 is 0.525 bits per heavy atom. The highest BCUT2D eigenvalue weighted by molar-refractivity contribution is 6.26. The summed E-state index contributed by atoms with van der Waals surface area (Å²) >= 11 is 0. The number of aromatic nitrogens is 3. The lowest BCUT2D eigenvalue weighted by Crippen LogP contribution is -2.03. The zero-order chi connectivity index (χ0) is 26.2. The van der Waals surface area contributed by atoms with Crippen LogP contribution < -0.4 is 0 Å². The van der Waals surface area contributed by atoms with E-state index in [0.717, 1.165) is 76.7 Å². The zero-order valence-corrected chi connectivity index (χ0v) is 21.4. The molecule has 9 aromatic rings. The second-order valence-electron chi connectivity index (χ2n) is 10.2. The molecule has 0 fully saturated rings. The summed E-state index contributed by atoms with van der Waals surface area (Å²) in [5, 5.41) is 7.78. The Morgan fingerprint density at radius 2 is 1.25 bits per heavy atom. The Morgan fingerprint density at radius 3 is 2.15 bits per heavy atom. The fourth-order valence-electron chi connectivity index (χ4n) is 6.23. The maximum atomic E-state index is 6.57. The van der Waals surface area contributed by atoms with Crippen LogP contribution in [0, 0.1) is 0 Å². The summed E-state index contributed by atoms with van der Waals surface area (Å²) in [7, 11) is 0. The largest absolute Gasteiger partial charge is 0.455 e. The van der Waals surface area contributed by atoms with Crippen LogP contribution in [-0.4, -0.2) is 14.5 Å². The average Bonchev–Trinajstić information content (AvgIpc) is 3.57. The van der Waals surface area contributed by atoms with Crippen LogP contribution in [0.3, 0.4) is 0 Å². The highest BCUT2D eigenvalue weighted by Crippen LogP contribution is 2.42. The summed E-state index contributed by atoms with van der Waals surface area (Å²) in [5.41, 5.74) is 6.77. The van der Waals surface area contributed by atoms with Gasteiger partial charge in [-0.2, -0.15) is 0 Å². The molecule has 0 spiro atoms.